The van der Waals surface area contributed by atoms with Crippen LogP contribution in [-0.2, 0) is 22.7 Å². The molecule has 1 heterocycles. The van der Waals surface area contributed by atoms with Gasteiger partial charge in [-0.05, 0) is 16.0 Å². The second-order valence-electron chi connectivity index (χ2n) is 3.62. The number of carboxylic acids is 1. The molecule has 0 saturated carbocycles. The first-order valence-corrected chi connectivity index (χ1v) is 5.36. The van der Waals surface area contributed by atoms with Gasteiger partial charge in [-0.1, -0.05) is 30.3 Å². The van der Waals surface area contributed by atoms with Crippen molar-refractivity contribution in [3.8, 4) is 0 Å². The van der Waals surface area contributed by atoms with E-state index in [-0.39, 0.29) is 12.4 Å². The number of carbonyl (C=O) groups excluding carboxylic acids is 1. The molecular formula is C11H10N4O4. The van der Waals surface area contributed by atoms with Crippen LogP contribution in [0.2, 0.25) is 0 Å². The molecule has 2 rings (SSSR count). The number of aliphatic carboxylic acids is 1. The minimum Gasteiger partial charge on any atom is -0.480 e. The van der Waals surface area contributed by atoms with Gasteiger partial charge in [-0.15, -0.1) is 5.10 Å². The molecule has 2 aromatic rings. The molecule has 98 valence electrons. The first-order chi connectivity index (χ1) is 9.16. The highest BCUT2D eigenvalue weighted by atomic mass is 16.5. The molecule has 1 aromatic heterocycles. The number of esters is 1. The molecule has 1 aromatic carbocycles. The van der Waals surface area contributed by atoms with Crippen molar-refractivity contribution in [3.05, 3.63) is 41.7 Å². The van der Waals surface area contributed by atoms with Gasteiger partial charge in [0.15, 0.2) is 0 Å². The summed E-state index contributed by atoms with van der Waals surface area (Å²) >= 11 is 0. The molecular weight excluding hydrogens is 252 g/mol. The number of carboxylic acid groups (broad SMARTS) is 1. The number of carbonyl (C=O) groups is 2. The Morgan fingerprint density at radius 3 is 2.68 bits per heavy atom. The fraction of sp³-hybridized carbons (Fsp3) is 0.182. The average Bonchev–Trinajstić information content (AvgIpc) is 2.84. The minimum absolute atomic E-state index is 0.0691. The molecule has 0 aliphatic heterocycles. The summed E-state index contributed by atoms with van der Waals surface area (Å²) < 4.78 is 5.87. The quantitative estimate of drug-likeness (QED) is 0.762. The lowest BCUT2D eigenvalue weighted by molar-refractivity contribution is -0.137. The highest BCUT2D eigenvalue weighted by Crippen LogP contribution is 2.03. The van der Waals surface area contributed by atoms with E-state index in [4.69, 9.17) is 9.84 Å². The minimum atomic E-state index is -1.15. The van der Waals surface area contributed by atoms with Gasteiger partial charge in [0.05, 0.1) is 0 Å². The van der Waals surface area contributed by atoms with Crippen molar-refractivity contribution in [2.24, 2.45) is 0 Å². The first-order valence-electron chi connectivity index (χ1n) is 5.36. The van der Waals surface area contributed by atoms with Crippen LogP contribution >= 0.6 is 0 Å². The van der Waals surface area contributed by atoms with E-state index in [0.717, 1.165) is 10.2 Å². The normalized spacial score (nSPS) is 10.1. The van der Waals surface area contributed by atoms with E-state index in [2.05, 4.69) is 15.5 Å². The van der Waals surface area contributed by atoms with Crippen LogP contribution in [0.15, 0.2) is 30.3 Å². The van der Waals surface area contributed by atoms with Crippen LogP contribution < -0.4 is 0 Å². The van der Waals surface area contributed by atoms with E-state index < -0.39 is 18.5 Å². The lowest BCUT2D eigenvalue weighted by atomic mass is 10.2. The molecule has 0 bridgehead atoms. The van der Waals surface area contributed by atoms with Gasteiger partial charge >= 0.3 is 11.9 Å². The van der Waals surface area contributed by atoms with E-state index in [1.165, 1.54) is 0 Å². The molecule has 0 fully saturated rings. The van der Waals surface area contributed by atoms with Gasteiger partial charge < -0.3 is 9.84 Å². The second-order valence-corrected chi connectivity index (χ2v) is 3.62. The summed E-state index contributed by atoms with van der Waals surface area (Å²) in [5.41, 5.74) is 0.813. The number of aromatic nitrogens is 4. The van der Waals surface area contributed by atoms with E-state index in [1.54, 1.807) is 12.1 Å². The van der Waals surface area contributed by atoms with Gasteiger partial charge in [0, 0.05) is 0 Å². The van der Waals surface area contributed by atoms with Crippen LogP contribution in [0, 0.1) is 0 Å². The Labute approximate surface area is 107 Å². The largest absolute Gasteiger partial charge is 0.480 e. The molecule has 0 unspecified atom stereocenters. The van der Waals surface area contributed by atoms with E-state index in [1.807, 2.05) is 18.2 Å². The van der Waals surface area contributed by atoms with Crippen LogP contribution in [0.25, 0.3) is 0 Å². The highest BCUT2D eigenvalue weighted by molar-refractivity contribution is 5.85. The van der Waals surface area contributed by atoms with Crippen molar-refractivity contribution in [2.45, 2.75) is 13.2 Å². The van der Waals surface area contributed by atoms with Crippen molar-refractivity contribution in [1.29, 1.82) is 0 Å². The van der Waals surface area contributed by atoms with Gasteiger partial charge in [0.1, 0.15) is 13.2 Å². The number of rotatable bonds is 5. The zero-order valence-corrected chi connectivity index (χ0v) is 9.76. The summed E-state index contributed by atoms with van der Waals surface area (Å²) in [7, 11) is 0. The second kappa shape index (κ2) is 5.71. The lowest BCUT2D eigenvalue weighted by Crippen LogP contribution is -2.18. The number of tetrazole rings is 1. The molecule has 19 heavy (non-hydrogen) atoms. The van der Waals surface area contributed by atoms with Crippen molar-refractivity contribution in [1.82, 2.24) is 20.2 Å². The smallest absolute Gasteiger partial charge is 0.378 e. The molecule has 8 heteroatoms. The Kier molecular flexibility index (Phi) is 3.81. The fourth-order valence-corrected chi connectivity index (χ4v) is 1.37. The van der Waals surface area contributed by atoms with Crippen LogP contribution in [0.1, 0.15) is 16.2 Å². The lowest BCUT2D eigenvalue weighted by Gasteiger charge is -2.04. The predicted molar refractivity (Wildman–Crippen MR) is 61.0 cm³/mol. The number of hydrogen-bond donors (Lipinski definition) is 1. The highest BCUT2D eigenvalue weighted by Gasteiger charge is 2.18. The molecule has 0 aliphatic rings. The third kappa shape index (κ3) is 3.35. The van der Waals surface area contributed by atoms with Crippen molar-refractivity contribution < 1.29 is 19.4 Å². The predicted octanol–water partition coefficient (Wildman–Crippen LogP) is 0.115. The Hall–Kier alpha value is -2.77. The van der Waals surface area contributed by atoms with Gasteiger partial charge in [-0.2, -0.15) is 0 Å². The molecule has 0 radical (unpaired) electrons. The van der Waals surface area contributed by atoms with E-state index >= 15 is 0 Å². The summed E-state index contributed by atoms with van der Waals surface area (Å²) in [6, 6.07) is 9.08. The molecule has 8 nitrogen and oxygen atoms in total. The monoisotopic (exact) mass is 262 g/mol. The average molecular weight is 262 g/mol. The number of ether oxygens (including phenoxy) is 1. The number of nitrogens with zero attached hydrogens (tertiary/aromatic N) is 4. The molecule has 0 spiro atoms. The molecule has 0 aliphatic carbocycles. The SMILES string of the molecule is O=C(O)Cn1nnnc1C(=O)OCc1ccccc1. The third-order valence-corrected chi connectivity index (χ3v) is 2.21. The Balaban J connectivity index is 2.00. The zero-order valence-electron chi connectivity index (χ0n) is 9.76. The summed E-state index contributed by atoms with van der Waals surface area (Å²) in [6.07, 6.45) is 0. The maximum absolute atomic E-state index is 11.7. The summed E-state index contributed by atoms with van der Waals surface area (Å²) in [6.45, 7) is -0.428. The zero-order chi connectivity index (χ0) is 13.7. The maximum atomic E-state index is 11.7. The molecule has 0 amide bonds. The van der Waals surface area contributed by atoms with Gasteiger partial charge in [-0.25, -0.2) is 9.48 Å². The molecule has 1 N–H and O–H groups in total. The van der Waals surface area contributed by atoms with Crippen LogP contribution in [0.4, 0.5) is 0 Å². The standard InChI is InChI=1S/C11H10N4O4/c16-9(17)6-15-10(12-13-14-15)11(18)19-7-8-4-2-1-3-5-8/h1-5H,6-7H2,(H,16,17). The van der Waals surface area contributed by atoms with Crippen molar-refractivity contribution in [2.75, 3.05) is 0 Å². The third-order valence-electron chi connectivity index (χ3n) is 2.21. The summed E-state index contributed by atoms with van der Waals surface area (Å²) in [5.74, 6) is -2.15. The number of hydrogen-bond acceptors (Lipinski definition) is 6. The Morgan fingerprint density at radius 2 is 2.00 bits per heavy atom. The summed E-state index contributed by atoms with van der Waals surface area (Å²) in [4.78, 5) is 22.3. The number of benzene rings is 1. The molecule has 0 saturated heterocycles. The van der Waals surface area contributed by atoms with Crippen molar-refractivity contribution in [3.63, 3.8) is 0 Å². The molecule has 0 atom stereocenters. The van der Waals surface area contributed by atoms with Gasteiger partial charge in [0.25, 0.3) is 5.82 Å². The van der Waals surface area contributed by atoms with Crippen molar-refractivity contribution >= 4 is 11.9 Å². The van der Waals surface area contributed by atoms with Gasteiger partial charge in [-0.3, -0.25) is 4.79 Å². The maximum Gasteiger partial charge on any atom is 0.378 e. The topological polar surface area (TPSA) is 107 Å². The van der Waals surface area contributed by atoms with Crippen LogP contribution in [0.3, 0.4) is 0 Å². The Bertz CT molecular complexity index is 581. The first kappa shape index (κ1) is 12.7. The van der Waals surface area contributed by atoms with Gasteiger partial charge in [0.2, 0.25) is 0 Å². The van der Waals surface area contributed by atoms with E-state index in [0.29, 0.717) is 0 Å². The Morgan fingerprint density at radius 1 is 1.26 bits per heavy atom. The van der Waals surface area contributed by atoms with E-state index in [9.17, 15) is 9.59 Å². The van der Waals surface area contributed by atoms with Crippen LogP contribution in [-0.4, -0.2) is 37.3 Å². The summed E-state index contributed by atoms with van der Waals surface area (Å²) in [5, 5.41) is 18.7. The van der Waals surface area contributed by atoms with Crippen LogP contribution in [0.5, 0.6) is 0 Å². The fourth-order valence-electron chi connectivity index (χ4n) is 1.37.